The van der Waals surface area contributed by atoms with Crippen molar-refractivity contribution in [1.82, 2.24) is 0 Å². The topological polar surface area (TPSA) is 46.2 Å². The third-order valence-electron chi connectivity index (χ3n) is 2.04. The van der Waals surface area contributed by atoms with Gasteiger partial charge in [0.15, 0.2) is 0 Å². The maximum Gasteiger partial charge on any atom is 0.0713 e. The highest BCUT2D eigenvalue weighted by Crippen LogP contribution is 2.23. The molecule has 1 atom stereocenters. The Hall–Kier alpha value is -0.0800. The van der Waals surface area contributed by atoms with Gasteiger partial charge in [-0.2, -0.15) is 0 Å². The monoisotopic (exact) mass is 131 g/mol. The highest BCUT2D eigenvalue weighted by molar-refractivity contribution is 4.76. The van der Waals surface area contributed by atoms with Gasteiger partial charge in [-0.1, -0.05) is 20.8 Å². The predicted molar refractivity (Wildman–Crippen MR) is 39.1 cm³/mol. The summed E-state index contributed by atoms with van der Waals surface area (Å²) in [6.45, 7) is 6.45. The van der Waals surface area contributed by atoms with Gasteiger partial charge in [-0.3, -0.25) is 0 Å². The van der Waals surface area contributed by atoms with Crippen LogP contribution in [-0.4, -0.2) is 17.8 Å². The van der Waals surface area contributed by atoms with Crippen LogP contribution in [0.25, 0.3) is 0 Å². The van der Waals surface area contributed by atoms with Gasteiger partial charge < -0.3 is 10.8 Å². The molecule has 0 aliphatic carbocycles. The van der Waals surface area contributed by atoms with Crippen molar-refractivity contribution in [2.45, 2.75) is 33.3 Å². The van der Waals surface area contributed by atoms with Gasteiger partial charge in [-0.05, 0) is 11.8 Å². The Bertz CT molecular complexity index is 81.0. The number of aliphatic hydroxyl groups is 1. The highest BCUT2D eigenvalue weighted by atomic mass is 16.3. The SMILES string of the molecule is CCC(C)(C)[C@@H](O)CN. The summed E-state index contributed by atoms with van der Waals surface area (Å²) >= 11 is 0. The van der Waals surface area contributed by atoms with Crippen LogP contribution < -0.4 is 5.73 Å². The summed E-state index contributed by atoms with van der Waals surface area (Å²) < 4.78 is 0. The third-order valence-corrected chi connectivity index (χ3v) is 2.04. The van der Waals surface area contributed by atoms with Crippen LogP contribution >= 0.6 is 0 Å². The molecule has 0 aliphatic rings. The van der Waals surface area contributed by atoms with Crippen LogP contribution in [0.1, 0.15) is 27.2 Å². The molecular formula is C7H17NO. The number of nitrogens with two attached hydrogens (primary N) is 1. The molecule has 0 aromatic rings. The van der Waals surface area contributed by atoms with Gasteiger partial charge in [0.1, 0.15) is 0 Å². The van der Waals surface area contributed by atoms with E-state index in [1.54, 1.807) is 0 Å². The van der Waals surface area contributed by atoms with E-state index in [9.17, 15) is 5.11 Å². The summed E-state index contributed by atoms with van der Waals surface area (Å²) in [6, 6.07) is 0. The van der Waals surface area contributed by atoms with Gasteiger partial charge in [0, 0.05) is 6.54 Å². The predicted octanol–water partition coefficient (Wildman–Crippen LogP) is 0.742. The summed E-state index contributed by atoms with van der Waals surface area (Å²) in [4.78, 5) is 0. The summed E-state index contributed by atoms with van der Waals surface area (Å²) in [7, 11) is 0. The molecule has 0 aromatic carbocycles. The maximum absolute atomic E-state index is 9.26. The Labute approximate surface area is 57.1 Å². The van der Waals surface area contributed by atoms with Crippen LogP contribution in [0.2, 0.25) is 0 Å². The van der Waals surface area contributed by atoms with E-state index in [0.29, 0.717) is 6.54 Å². The fourth-order valence-corrected chi connectivity index (χ4v) is 0.555. The molecule has 0 saturated carbocycles. The fraction of sp³-hybridized carbons (Fsp3) is 1.00. The van der Waals surface area contributed by atoms with Crippen LogP contribution in [0, 0.1) is 5.41 Å². The number of aliphatic hydroxyl groups excluding tert-OH is 1. The molecule has 3 N–H and O–H groups in total. The van der Waals surface area contributed by atoms with Crippen LogP contribution in [0.15, 0.2) is 0 Å². The van der Waals surface area contributed by atoms with Crippen molar-refractivity contribution < 1.29 is 5.11 Å². The van der Waals surface area contributed by atoms with Crippen LogP contribution in [-0.2, 0) is 0 Å². The van der Waals surface area contributed by atoms with Crippen molar-refractivity contribution in [3.63, 3.8) is 0 Å². The lowest BCUT2D eigenvalue weighted by Crippen LogP contribution is -2.35. The maximum atomic E-state index is 9.26. The Morgan fingerprint density at radius 1 is 1.56 bits per heavy atom. The lowest BCUT2D eigenvalue weighted by atomic mass is 9.84. The normalized spacial score (nSPS) is 15.7. The van der Waals surface area contributed by atoms with Crippen molar-refractivity contribution in [1.29, 1.82) is 0 Å². The van der Waals surface area contributed by atoms with Crippen molar-refractivity contribution in [3.05, 3.63) is 0 Å². The average Bonchev–Trinajstić information content (AvgIpc) is 1.86. The van der Waals surface area contributed by atoms with E-state index in [2.05, 4.69) is 6.92 Å². The minimum absolute atomic E-state index is 0.0191. The van der Waals surface area contributed by atoms with Crippen molar-refractivity contribution in [2.24, 2.45) is 11.1 Å². The van der Waals surface area contributed by atoms with E-state index in [4.69, 9.17) is 5.73 Å². The molecule has 0 unspecified atom stereocenters. The summed E-state index contributed by atoms with van der Waals surface area (Å²) in [5, 5.41) is 9.26. The average molecular weight is 131 g/mol. The smallest absolute Gasteiger partial charge is 0.0713 e. The van der Waals surface area contributed by atoms with E-state index < -0.39 is 0 Å². The second-order valence-corrected chi connectivity index (χ2v) is 3.09. The number of hydrogen-bond acceptors (Lipinski definition) is 2. The summed E-state index contributed by atoms with van der Waals surface area (Å²) in [6.07, 6.45) is 0.605. The lowest BCUT2D eigenvalue weighted by Gasteiger charge is -2.27. The lowest BCUT2D eigenvalue weighted by molar-refractivity contribution is 0.0549. The zero-order chi connectivity index (χ0) is 7.49. The molecule has 0 fully saturated rings. The van der Waals surface area contributed by atoms with E-state index in [0.717, 1.165) is 6.42 Å². The molecule has 2 heteroatoms. The van der Waals surface area contributed by atoms with Gasteiger partial charge in [0.25, 0.3) is 0 Å². The molecule has 0 amide bonds. The van der Waals surface area contributed by atoms with Crippen molar-refractivity contribution in [3.8, 4) is 0 Å². The van der Waals surface area contributed by atoms with E-state index in [-0.39, 0.29) is 11.5 Å². The van der Waals surface area contributed by atoms with Crippen LogP contribution in [0.4, 0.5) is 0 Å². The Balaban J connectivity index is 3.80. The minimum Gasteiger partial charge on any atom is -0.391 e. The molecule has 2 nitrogen and oxygen atoms in total. The molecule has 0 rings (SSSR count). The van der Waals surface area contributed by atoms with E-state index in [1.807, 2.05) is 13.8 Å². The molecule has 0 spiro atoms. The molecular weight excluding hydrogens is 114 g/mol. The molecule has 0 heterocycles. The molecule has 56 valence electrons. The third kappa shape index (κ3) is 2.33. The Morgan fingerprint density at radius 3 is 2.11 bits per heavy atom. The summed E-state index contributed by atoms with van der Waals surface area (Å²) in [5.41, 5.74) is 5.26. The minimum atomic E-state index is -0.359. The number of hydrogen-bond donors (Lipinski definition) is 2. The van der Waals surface area contributed by atoms with Crippen LogP contribution in [0.5, 0.6) is 0 Å². The van der Waals surface area contributed by atoms with Gasteiger partial charge in [0.2, 0.25) is 0 Å². The zero-order valence-electron chi connectivity index (χ0n) is 6.52. The van der Waals surface area contributed by atoms with Gasteiger partial charge in [-0.15, -0.1) is 0 Å². The highest BCUT2D eigenvalue weighted by Gasteiger charge is 2.23. The summed E-state index contributed by atoms with van der Waals surface area (Å²) in [5.74, 6) is 0. The van der Waals surface area contributed by atoms with E-state index in [1.165, 1.54) is 0 Å². The molecule has 0 aliphatic heterocycles. The standard InChI is InChI=1S/C7H17NO/c1-4-7(2,3)6(9)5-8/h6,9H,4-5,8H2,1-3H3/t6-/m0/s1. The molecule has 0 bridgehead atoms. The molecule has 9 heavy (non-hydrogen) atoms. The number of rotatable bonds is 3. The first-order chi connectivity index (χ1) is 4.04. The van der Waals surface area contributed by atoms with Gasteiger partial charge in [-0.25, -0.2) is 0 Å². The van der Waals surface area contributed by atoms with E-state index >= 15 is 0 Å². The van der Waals surface area contributed by atoms with Gasteiger partial charge in [0.05, 0.1) is 6.10 Å². The first-order valence-electron chi connectivity index (χ1n) is 3.42. The van der Waals surface area contributed by atoms with Crippen molar-refractivity contribution in [2.75, 3.05) is 6.54 Å². The molecule has 0 saturated heterocycles. The van der Waals surface area contributed by atoms with Gasteiger partial charge >= 0.3 is 0 Å². The Kier molecular flexibility index (Phi) is 3.15. The Morgan fingerprint density at radius 2 is 2.00 bits per heavy atom. The zero-order valence-corrected chi connectivity index (χ0v) is 6.52. The van der Waals surface area contributed by atoms with Crippen LogP contribution in [0.3, 0.4) is 0 Å². The quantitative estimate of drug-likeness (QED) is 0.593. The second-order valence-electron chi connectivity index (χ2n) is 3.09. The first kappa shape index (κ1) is 8.92. The molecule has 0 aromatic heterocycles. The molecule has 0 radical (unpaired) electrons. The fourth-order valence-electron chi connectivity index (χ4n) is 0.555. The van der Waals surface area contributed by atoms with Crippen molar-refractivity contribution >= 4 is 0 Å². The largest absolute Gasteiger partial charge is 0.391 e. The second kappa shape index (κ2) is 3.18. The first-order valence-corrected chi connectivity index (χ1v) is 3.42.